The number of nitrogens with one attached hydrogen (secondary N) is 1. The van der Waals surface area contributed by atoms with Gasteiger partial charge in [0.05, 0.1) is 19.3 Å². The van der Waals surface area contributed by atoms with Crippen LogP contribution < -0.4 is 0 Å². The zero-order valence-electron chi connectivity index (χ0n) is 11.7. The lowest BCUT2D eigenvalue weighted by Gasteiger charge is -2.25. The van der Waals surface area contributed by atoms with Gasteiger partial charge in [-0.3, -0.25) is 14.7 Å². The number of carbonyl (C=O) groups excluding carboxylic acids is 1. The third-order valence-electron chi connectivity index (χ3n) is 3.43. The van der Waals surface area contributed by atoms with Crippen LogP contribution in [-0.2, 0) is 9.53 Å². The van der Waals surface area contributed by atoms with Gasteiger partial charge in [0.2, 0.25) is 5.82 Å². The number of carboxylic acids is 1. The Morgan fingerprint density at radius 2 is 2.15 bits per heavy atom. The van der Waals surface area contributed by atoms with Crippen molar-refractivity contribution in [3.63, 3.8) is 0 Å². The minimum atomic E-state index is -0.968. The summed E-state index contributed by atoms with van der Waals surface area (Å²) in [7, 11) is 1.54. The third kappa shape index (κ3) is 2.64. The molecular formula is C12H18N4O4. The molecule has 2 unspecified atom stereocenters. The number of carboxylic acid groups (broad SMARTS) is 1. The first-order valence-electron chi connectivity index (χ1n) is 6.41. The molecule has 2 atom stereocenters. The van der Waals surface area contributed by atoms with Gasteiger partial charge in [-0.1, -0.05) is 13.8 Å². The van der Waals surface area contributed by atoms with Gasteiger partial charge in [0.25, 0.3) is 5.91 Å². The Bertz CT molecular complexity index is 513. The van der Waals surface area contributed by atoms with Gasteiger partial charge in [-0.15, -0.1) is 5.10 Å². The number of aromatic nitrogens is 3. The van der Waals surface area contributed by atoms with Crippen LogP contribution in [0, 0.1) is 5.92 Å². The fourth-order valence-corrected chi connectivity index (χ4v) is 2.10. The van der Waals surface area contributed by atoms with Gasteiger partial charge in [-0.25, -0.2) is 4.98 Å². The van der Waals surface area contributed by atoms with Gasteiger partial charge in [-0.2, -0.15) is 0 Å². The summed E-state index contributed by atoms with van der Waals surface area (Å²) in [5.74, 6) is -1.28. The second-order valence-corrected chi connectivity index (χ2v) is 5.16. The normalized spacial score (nSPS) is 22.2. The monoisotopic (exact) mass is 282 g/mol. The number of aliphatic carboxylic acids is 1. The van der Waals surface area contributed by atoms with E-state index < -0.39 is 23.8 Å². The Labute approximate surface area is 116 Å². The number of aromatic amines is 1. The molecular weight excluding hydrogens is 264 g/mol. The molecule has 1 aromatic heterocycles. The van der Waals surface area contributed by atoms with Gasteiger partial charge in [0, 0.05) is 13.0 Å². The van der Waals surface area contributed by atoms with E-state index in [0.717, 1.165) is 0 Å². The Hall–Kier alpha value is -1.96. The van der Waals surface area contributed by atoms with Crippen molar-refractivity contribution in [1.29, 1.82) is 0 Å². The van der Waals surface area contributed by atoms with Gasteiger partial charge in [-0.05, 0) is 0 Å². The first-order chi connectivity index (χ1) is 9.41. The number of nitrogens with zero attached hydrogens (tertiary/aromatic N) is 3. The van der Waals surface area contributed by atoms with E-state index in [4.69, 9.17) is 9.84 Å². The van der Waals surface area contributed by atoms with Crippen molar-refractivity contribution in [1.82, 2.24) is 20.1 Å². The quantitative estimate of drug-likeness (QED) is 0.810. The maximum absolute atomic E-state index is 12.3. The van der Waals surface area contributed by atoms with Crippen molar-refractivity contribution >= 4 is 11.9 Å². The van der Waals surface area contributed by atoms with Crippen LogP contribution in [-0.4, -0.2) is 63.4 Å². The highest BCUT2D eigenvalue weighted by Crippen LogP contribution is 2.20. The molecule has 0 spiro atoms. The van der Waals surface area contributed by atoms with Crippen molar-refractivity contribution in [3.05, 3.63) is 11.6 Å². The van der Waals surface area contributed by atoms with Gasteiger partial charge in [0.1, 0.15) is 11.7 Å². The average Bonchev–Trinajstić information content (AvgIpc) is 3.05. The number of ether oxygens (including phenoxy) is 1. The third-order valence-corrected chi connectivity index (χ3v) is 3.43. The molecule has 1 aromatic rings. The van der Waals surface area contributed by atoms with E-state index in [1.165, 1.54) is 4.90 Å². The molecule has 0 radical (unpaired) electrons. The molecule has 2 heterocycles. The average molecular weight is 282 g/mol. The largest absolute Gasteiger partial charge is 0.481 e. The van der Waals surface area contributed by atoms with E-state index in [0.29, 0.717) is 5.82 Å². The molecule has 1 amide bonds. The van der Waals surface area contributed by atoms with Gasteiger partial charge >= 0.3 is 5.97 Å². The van der Waals surface area contributed by atoms with E-state index >= 15 is 0 Å². The number of hydrogen-bond donors (Lipinski definition) is 2. The predicted octanol–water partition coefficient (Wildman–Crippen LogP) is 0.0997. The molecule has 1 aliphatic rings. The van der Waals surface area contributed by atoms with E-state index in [1.54, 1.807) is 7.05 Å². The topological polar surface area (TPSA) is 108 Å². The molecule has 110 valence electrons. The molecule has 8 heteroatoms. The predicted molar refractivity (Wildman–Crippen MR) is 68.3 cm³/mol. The second kappa shape index (κ2) is 5.58. The summed E-state index contributed by atoms with van der Waals surface area (Å²) in [4.78, 5) is 28.9. The molecule has 1 saturated heterocycles. The molecule has 2 N–H and O–H groups in total. The summed E-state index contributed by atoms with van der Waals surface area (Å²) < 4.78 is 5.16. The lowest BCUT2D eigenvalue weighted by atomic mass is 10.0. The molecule has 1 fully saturated rings. The maximum Gasteiger partial charge on any atom is 0.311 e. The first-order valence-corrected chi connectivity index (χ1v) is 6.41. The number of H-pyrrole nitrogens is 1. The molecule has 1 aliphatic heterocycles. The summed E-state index contributed by atoms with van der Waals surface area (Å²) in [6.45, 7) is 4.19. The van der Waals surface area contributed by atoms with Crippen LogP contribution in [0.25, 0.3) is 0 Å². The number of rotatable bonds is 4. The van der Waals surface area contributed by atoms with Crippen LogP contribution in [0.2, 0.25) is 0 Å². The fraction of sp³-hybridized carbons (Fsp3) is 0.667. The standard InChI is InChI=1S/C12H18N4O4/c1-6(2)9-13-10(15-14-9)11(17)16(3)8-5-20-4-7(8)12(18)19/h6-8H,4-5H2,1-3H3,(H,18,19)(H,13,14,15). The summed E-state index contributed by atoms with van der Waals surface area (Å²) in [6, 6.07) is -0.499. The summed E-state index contributed by atoms with van der Waals surface area (Å²) >= 11 is 0. The van der Waals surface area contributed by atoms with Crippen molar-refractivity contribution < 1.29 is 19.4 Å². The van der Waals surface area contributed by atoms with Crippen LogP contribution >= 0.6 is 0 Å². The maximum atomic E-state index is 12.3. The smallest absolute Gasteiger partial charge is 0.311 e. The van der Waals surface area contributed by atoms with E-state index in [1.807, 2.05) is 13.8 Å². The highest BCUT2D eigenvalue weighted by atomic mass is 16.5. The fourth-order valence-electron chi connectivity index (χ4n) is 2.10. The highest BCUT2D eigenvalue weighted by Gasteiger charge is 2.39. The molecule has 0 aromatic carbocycles. The Morgan fingerprint density at radius 1 is 1.45 bits per heavy atom. The molecule has 8 nitrogen and oxygen atoms in total. The number of hydrogen-bond acceptors (Lipinski definition) is 5. The Balaban J connectivity index is 2.13. The van der Waals surface area contributed by atoms with E-state index in [2.05, 4.69) is 15.2 Å². The number of likely N-dealkylation sites (N-methyl/N-ethyl adjacent to an activating group) is 1. The van der Waals surface area contributed by atoms with E-state index in [-0.39, 0.29) is 25.0 Å². The first kappa shape index (κ1) is 14.4. The van der Waals surface area contributed by atoms with Crippen LogP contribution in [0.15, 0.2) is 0 Å². The van der Waals surface area contributed by atoms with Crippen molar-refractivity contribution in [2.45, 2.75) is 25.8 Å². The van der Waals surface area contributed by atoms with Crippen molar-refractivity contribution in [2.75, 3.05) is 20.3 Å². The van der Waals surface area contributed by atoms with Crippen molar-refractivity contribution in [2.24, 2.45) is 5.92 Å². The highest BCUT2D eigenvalue weighted by molar-refractivity contribution is 5.91. The molecule has 0 aliphatic carbocycles. The van der Waals surface area contributed by atoms with E-state index in [9.17, 15) is 9.59 Å². The minimum Gasteiger partial charge on any atom is -0.481 e. The van der Waals surface area contributed by atoms with Gasteiger partial charge < -0.3 is 14.7 Å². The van der Waals surface area contributed by atoms with Crippen LogP contribution in [0.5, 0.6) is 0 Å². The van der Waals surface area contributed by atoms with Crippen LogP contribution in [0.4, 0.5) is 0 Å². The van der Waals surface area contributed by atoms with Gasteiger partial charge in [0.15, 0.2) is 0 Å². The molecule has 2 rings (SSSR count). The lowest BCUT2D eigenvalue weighted by molar-refractivity contribution is -0.142. The number of carbonyl (C=O) groups is 2. The van der Waals surface area contributed by atoms with Crippen molar-refractivity contribution in [3.8, 4) is 0 Å². The number of amides is 1. The van der Waals surface area contributed by atoms with Crippen LogP contribution in [0.3, 0.4) is 0 Å². The summed E-state index contributed by atoms with van der Waals surface area (Å²) in [6.07, 6.45) is 0. The molecule has 0 saturated carbocycles. The van der Waals surface area contributed by atoms with Crippen LogP contribution in [0.1, 0.15) is 36.2 Å². The lowest BCUT2D eigenvalue weighted by Crippen LogP contribution is -2.44. The molecule has 0 bridgehead atoms. The zero-order chi connectivity index (χ0) is 14.9. The zero-order valence-corrected chi connectivity index (χ0v) is 11.7. The Morgan fingerprint density at radius 3 is 2.70 bits per heavy atom. The molecule has 20 heavy (non-hydrogen) atoms. The summed E-state index contributed by atoms with van der Waals surface area (Å²) in [5, 5.41) is 15.7. The summed E-state index contributed by atoms with van der Waals surface area (Å²) in [5.41, 5.74) is 0. The Kier molecular flexibility index (Phi) is 4.03. The second-order valence-electron chi connectivity index (χ2n) is 5.16. The SMILES string of the molecule is CC(C)c1nc(C(=O)N(C)C2COCC2C(=O)O)n[nH]1. The minimum absolute atomic E-state index is 0.0484.